The molecular weight excluding hydrogens is 232 g/mol. The summed E-state index contributed by atoms with van der Waals surface area (Å²) in [5.74, 6) is -0.460. The molecule has 2 rings (SSSR count). The first-order valence-electron chi connectivity index (χ1n) is 5.72. The number of hydrogen-bond donors (Lipinski definition) is 1. The third-order valence-corrected chi connectivity index (χ3v) is 3.00. The lowest BCUT2D eigenvalue weighted by Gasteiger charge is -2.41. The van der Waals surface area contributed by atoms with Crippen LogP contribution in [0.3, 0.4) is 0 Å². The minimum atomic E-state index is -0.572. The van der Waals surface area contributed by atoms with Crippen molar-refractivity contribution in [3.05, 3.63) is 24.3 Å². The van der Waals surface area contributed by atoms with Gasteiger partial charge in [0, 0.05) is 18.3 Å². The molecule has 18 heavy (non-hydrogen) atoms. The van der Waals surface area contributed by atoms with Crippen LogP contribution in [0.4, 0.5) is 5.69 Å². The van der Waals surface area contributed by atoms with Crippen LogP contribution < -0.4 is 15.0 Å². The summed E-state index contributed by atoms with van der Waals surface area (Å²) in [6, 6.07) is 7.13. The fourth-order valence-electron chi connectivity index (χ4n) is 2.04. The van der Waals surface area contributed by atoms with Crippen LogP contribution in [0.15, 0.2) is 24.3 Å². The molecule has 0 spiro atoms. The van der Waals surface area contributed by atoms with Gasteiger partial charge in [-0.1, -0.05) is 6.07 Å². The molecule has 1 fully saturated rings. The first-order chi connectivity index (χ1) is 8.45. The SMILES string of the molecule is COc1cccc(N2C(=O)C(=O)NCC2(C)C)c1. The minimum Gasteiger partial charge on any atom is -0.497 e. The molecule has 5 heteroatoms. The Kier molecular flexibility index (Phi) is 2.98. The first-order valence-corrected chi connectivity index (χ1v) is 5.72. The zero-order valence-electron chi connectivity index (χ0n) is 10.7. The number of benzene rings is 1. The molecule has 0 unspecified atom stereocenters. The molecule has 5 nitrogen and oxygen atoms in total. The van der Waals surface area contributed by atoms with Crippen LogP contribution in [0.25, 0.3) is 0 Å². The summed E-state index contributed by atoms with van der Waals surface area (Å²) in [6.07, 6.45) is 0. The van der Waals surface area contributed by atoms with Crippen molar-refractivity contribution in [2.75, 3.05) is 18.6 Å². The quantitative estimate of drug-likeness (QED) is 0.792. The van der Waals surface area contributed by atoms with E-state index in [0.717, 1.165) is 0 Å². The smallest absolute Gasteiger partial charge is 0.316 e. The number of carbonyl (C=O) groups excluding carboxylic acids is 2. The van der Waals surface area contributed by atoms with Crippen molar-refractivity contribution in [3.63, 3.8) is 0 Å². The third kappa shape index (κ3) is 2.03. The molecule has 1 aliphatic heterocycles. The van der Waals surface area contributed by atoms with Gasteiger partial charge in [0.15, 0.2) is 0 Å². The highest BCUT2D eigenvalue weighted by Crippen LogP contribution is 2.28. The van der Waals surface area contributed by atoms with Gasteiger partial charge in [0.2, 0.25) is 0 Å². The molecular formula is C13H16N2O3. The minimum absolute atomic E-state index is 0.425. The normalized spacial score (nSPS) is 18.5. The molecule has 0 aliphatic carbocycles. The molecule has 1 N–H and O–H groups in total. The Balaban J connectivity index is 2.44. The Morgan fingerprint density at radius 2 is 2.06 bits per heavy atom. The molecule has 0 aromatic heterocycles. The van der Waals surface area contributed by atoms with Gasteiger partial charge in [-0.05, 0) is 26.0 Å². The number of hydrogen-bond acceptors (Lipinski definition) is 3. The maximum atomic E-state index is 12.0. The number of anilines is 1. The summed E-state index contributed by atoms with van der Waals surface area (Å²) in [5.41, 5.74) is 0.205. The number of carbonyl (C=O) groups is 2. The summed E-state index contributed by atoms with van der Waals surface area (Å²) < 4.78 is 5.14. The van der Waals surface area contributed by atoms with Crippen molar-refractivity contribution in [2.24, 2.45) is 0 Å². The highest BCUT2D eigenvalue weighted by atomic mass is 16.5. The predicted octanol–water partition coefficient (Wildman–Crippen LogP) is 0.937. The van der Waals surface area contributed by atoms with E-state index in [2.05, 4.69) is 5.32 Å². The summed E-state index contributed by atoms with van der Waals surface area (Å²) in [5, 5.41) is 2.59. The van der Waals surface area contributed by atoms with E-state index in [1.54, 1.807) is 31.4 Å². The lowest BCUT2D eigenvalue weighted by atomic mass is 9.98. The summed E-state index contributed by atoms with van der Waals surface area (Å²) >= 11 is 0. The molecule has 1 heterocycles. The molecule has 96 valence electrons. The lowest BCUT2D eigenvalue weighted by molar-refractivity contribution is -0.140. The topological polar surface area (TPSA) is 58.6 Å². The third-order valence-electron chi connectivity index (χ3n) is 3.00. The van der Waals surface area contributed by atoms with Gasteiger partial charge in [-0.3, -0.25) is 14.5 Å². The zero-order chi connectivity index (χ0) is 13.3. The highest BCUT2D eigenvalue weighted by molar-refractivity contribution is 6.41. The average molecular weight is 248 g/mol. The molecule has 1 aliphatic rings. The Hall–Kier alpha value is -2.04. The van der Waals surface area contributed by atoms with Gasteiger partial charge in [0.25, 0.3) is 0 Å². The number of methoxy groups -OCH3 is 1. The Bertz CT molecular complexity index is 497. The molecule has 0 bridgehead atoms. The maximum Gasteiger partial charge on any atom is 0.316 e. The van der Waals surface area contributed by atoms with Gasteiger partial charge in [0.1, 0.15) is 5.75 Å². The second kappa shape index (κ2) is 4.33. The van der Waals surface area contributed by atoms with Crippen LogP contribution in [-0.4, -0.2) is 31.0 Å². The maximum absolute atomic E-state index is 12.0. The Labute approximate surface area is 106 Å². The van der Waals surface area contributed by atoms with Gasteiger partial charge < -0.3 is 10.1 Å². The summed E-state index contributed by atoms with van der Waals surface area (Å²) in [6.45, 7) is 4.24. The van der Waals surface area contributed by atoms with Crippen molar-refractivity contribution >= 4 is 17.5 Å². The summed E-state index contributed by atoms with van der Waals surface area (Å²) in [4.78, 5) is 25.0. The molecule has 0 radical (unpaired) electrons. The van der Waals surface area contributed by atoms with E-state index in [9.17, 15) is 9.59 Å². The van der Waals surface area contributed by atoms with E-state index in [-0.39, 0.29) is 0 Å². The van der Waals surface area contributed by atoms with Crippen LogP contribution in [0.1, 0.15) is 13.8 Å². The van der Waals surface area contributed by atoms with E-state index in [0.29, 0.717) is 18.0 Å². The Morgan fingerprint density at radius 3 is 2.72 bits per heavy atom. The van der Waals surface area contributed by atoms with E-state index in [1.165, 1.54) is 4.90 Å². The standard InChI is InChI=1S/C13H16N2O3/c1-13(2)8-14-11(16)12(17)15(13)9-5-4-6-10(7-9)18-3/h4-7H,8H2,1-3H3,(H,14,16). The van der Waals surface area contributed by atoms with Crippen LogP contribution >= 0.6 is 0 Å². The molecule has 0 saturated carbocycles. The van der Waals surface area contributed by atoms with Crippen molar-refractivity contribution in [1.82, 2.24) is 5.32 Å². The Morgan fingerprint density at radius 1 is 1.33 bits per heavy atom. The first kappa shape index (κ1) is 12.4. The largest absolute Gasteiger partial charge is 0.497 e. The average Bonchev–Trinajstić information content (AvgIpc) is 2.34. The fraction of sp³-hybridized carbons (Fsp3) is 0.385. The van der Waals surface area contributed by atoms with Crippen molar-refractivity contribution in [3.8, 4) is 5.75 Å². The zero-order valence-corrected chi connectivity index (χ0v) is 10.7. The van der Waals surface area contributed by atoms with Crippen LogP contribution in [-0.2, 0) is 9.59 Å². The van der Waals surface area contributed by atoms with Crippen molar-refractivity contribution in [2.45, 2.75) is 19.4 Å². The van der Waals surface area contributed by atoms with Crippen LogP contribution in [0, 0.1) is 0 Å². The highest BCUT2D eigenvalue weighted by Gasteiger charge is 2.40. The second-order valence-corrected chi connectivity index (χ2v) is 4.84. The van der Waals surface area contributed by atoms with E-state index >= 15 is 0 Å². The number of nitrogens with one attached hydrogen (secondary N) is 1. The van der Waals surface area contributed by atoms with Crippen LogP contribution in [0.2, 0.25) is 0 Å². The molecule has 2 amide bonds. The van der Waals surface area contributed by atoms with Gasteiger partial charge >= 0.3 is 11.8 Å². The van der Waals surface area contributed by atoms with Crippen molar-refractivity contribution in [1.29, 1.82) is 0 Å². The van der Waals surface area contributed by atoms with Crippen molar-refractivity contribution < 1.29 is 14.3 Å². The predicted molar refractivity (Wildman–Crippen MR) is 67.6 cm³/mol. The fourth-order valence-corrected chi connectivity index (χ4v) is 2.04. The number of ether oxygens (including phenoxy) is 1. The van der Waals surface area contributed by atoms with Gasteiger partial charge in [0.05, 0.1) is 12.6 Å². The number of piperazine rings is 1. The van der Waals surface area contributed by atoms with E-state index < -0.39 is 17.4 Å². The van der Waals surface area contributed by atoms with Gasteiger partial charge in [-0.2, -0.15) is 0 Å². The van der Waals surface area contributed by atoms with E-state index in [4.69, 9.17) is 4.74 Å². The number of rotatable bonds is 2. The van der Waals surface area contributed by atoms with E-state index in [1.807, 2.05) is 13.8 Å². The van der Waals surface area contributed by atoms with Crippen LogP contribution in [0.5, 0.6) is 5.75 Å². The van der Waals surface area contributed by atoms with Gasteiger partial charge in [-0.15, -0.1) is 0 Å². The second-order valence-electron chi connectivity index (χ2n) is 4.84. The number of nitrogens with zero attached hydrogens (tertiary/aromatic N) is 1. The van der Waals surface area contributed by atoms with Gasteiger partial charge in [-0.25, -0.2) is 0 Å². The molecule has 1 aromatic rings. The molecule has 1 saturated heterocycles. The molecule has 0 atom stereocenters. The number of amides is 2. The lowest BCUT2D eigenvalue weighted by Crippen LogP contribution is -2.63. The monoisotopic (exact) mass is 248 g/mol. The summed E-state index contributed by atoms with van der Waals surface area (Å²) in [7, 11) is 1.56. The molecule has 1 aromatic carbocycles.